The van der Waals surface area contributed by atoms with Crippen LogP contribution in [0, 0.1) is 5.41 Å². The van der Waals surface area contributed by atoms with E-state index in [0.717, 1.165) is 18.5 Å². The quantitative estimate of drug-likeness (QED) is 0.647. The molecule has 1 atom stereocenters. The number of carbonyl (C=O) groups excluding carboxylic acids is 1. The molecule has 0 amide bonds. The molecule has 80 valence electrons. The summed E-state index contributed by atoms with van der Waals surface area (Å²) in [5.74, 6) is -0.194. The molecule has 1 aliphatic heterocycles. The molecule has 1 unspecified atom stereocenters. The van der Waals surface area contributed by atoms with Crippen LogP contribution >= 0.6 is 0 Å². The van der Waals surface area contributed by atoms with Crippen molar-refractivity contribution >= 4 is 5.97 Å². The monoisotopic (exact) mass is 197 g/mol. The summed E-state index contributed by atoms with van der Waals surface area (Å²) >= 11 is 0. The molecule has 0 aromatic carbocycles. The lowest BCUT2D eigenvalue weighted by Crippen LogP contribution is -2.42. The summed E-state index contributed by atoms with van der Waals surface area (Å²) in [7, 11) is 1.43. The summed E-state index contributed by atoms with van der Waals surface area (Å²) in [4.78, 5) is 11.3. The summed E-state index contributed by atoms with van der Waals surface area (Å²) in [5.41, 5.74) is 0.936. The highest BCUT2D eigenvalue weighted by molar-refractivity contribution is 5.88. The van der Waals surface area contributed by atoms with E-state index in [4.69, 9.17) is 4.74 Å². The van der Waals surface area contributed by atoms with Gasteiger partial charge >= 0.3 is 5.97 Å². The zero-order chi connectivity index (χ0) is 10.8. The first-order valence-corrected chi connectivity index (χ1v) is 4.97. The van der Waals surface area contributed by atoms with Crippen LogP contribution in [-0.4, -0.2) is 25.7 Å². The number of ether oxygens (including phenoxy) is 1. The number of hydrogen-bond acceptors (Lipinski definition) is 3. The van der Waals surface area contributed by atoms with E-state index in [1.165, 1.54) is 7.11 Å². The van der Waals surface area contributed by atoms with E-state index in [0.29, 0.717) is 0 Å². The fraction of sp³-hybridized carbons (Fsp3) is 0.727. The third-order valence-corrected chi connectivity index (χ3v) is 2.51. The third kappa shape index (κ3) is 2.58. The molecule has 0 saturated heterocycles. The van der Waals surface area contributed by atoms with Crippen LogP contribution in [0.25, 0.3) is 0 Å². The molecule has 0 fully saturated rings. The summed E-state index contributed by atoms with van der Waals surface area (Å²) in [6.07, 6.45) is 2.76. The lowest BCUT2D eigenvalue weighted by Gasteiger charge is -2.32. The average Bonchev–Trinajstić information content (AvgIpc) is 2.15. The highest BCUT2D eigenvalue weighted by Gasteiger charge is 2.27. The molecule has 1 heterocycles. The summed E-state index contributed by atoms with van der Waals surface area (Å²) < 4.78 is 4.72. The van der Waals surface area contributed by atoms with Gasteiger partial charge in [0.1, 0.15) is 0 Å². The Labute approximate surface area is 85.5 Å². The van der Waals surface area contributed by atoms with E-state index in [1.807, 2.05) is 6.08 Å². The smallest absolute Gasteiger partial charge is 0.333 e. The molecule has 1 aliphatic rings. The van der Waals surface area contributed by atoms with E-state index in [2.05, 4.69) is 26.1 Å². The van der Waals surface area contributed by atoms with Crippen LogP contribution in [0.4, 0.5) is 0 Å². The molecule has 14 heavy (non-hydrogen) atoms. The van der Waals surface area contributed by atoms with E-state index in [9.17, 15) is 4.79 Å². The number of carbonyl (C=O) groups is 1. The van der Waals surface area contributed by atoms with Gasteiger partial charge in [0.2, 0.25) is 0 Å². The molecule has 1 rings (SSSR count). The topological polar surface area (TPSA) is 38.3 Å². The van der Waals surface area contributed by atoms with Crippen molar-refractivity contribution in [2.75, 3.05) is 13.7 Å². The Bertz CT molecular complexity index is 251. The van der Waals surface area contributed by atoms with Crippen molar-refractivity contribution in [1.82, 2.24) is 5.32 Å². The maximum Gasteiger partial charge on any atom is 0.333 e. The number of hydrogen-bond donors (Lipinski definition) is 1. The molecule has 0 aromatic heterocycles. The van der Waals surface area contributed by atoms with Crippen molar-refractivity contribution in [3.63, 3.8) is 0 Å². The SMILES string of the molecule is COC(=O)C1=CC(C(C)(C)C)NCC1. The minimum Gasteiger partial charge on any atom is -0.466 e. The predicted molar refractivity (Wildman–Crippen MR) is 56.0 cm³/mol. The van der Waals surface area contributed by atoms with Crippen LogP contribution in [-0.2, 0) is 9.53 Å². The normalized spacial score (nSPS) is 22.9. The largest absolute Gasteiger partial charge is 0.466 e. The first kappa shape index (κ1) is 11.2. The Morgan fingerprint density at radius 3 is 2.71 bits per heavy atom. The van der Waals surface area contributed by atoms with Crippen LogP contribution in [0.2, 0.25) is 0 Å². The molecule has 3 nitrogen and oxygen atoms in total. The van der Waals surface area contributed by atoms with Gasteiger partial charge in [0.25, 0.3) is 0 Å². The average molecular weight is 197 g/mol. The van der Waals surface area contributed by atoms with Crippen LogP contribution < -0.4 is 5.32 Å². The number of nitrogens with one attached hydrogen (secondary N) is 1. The standard InChI is InChI=1S/C11H19NO2/c1-11(2,3)9-7-8(5-6-12-9)10(13)14-4/h7,9,12H,5-6H2,1-4H3. The minimum atomic E-state index is -0.194. The summed E-state index contributed by atoms with van der Waals surface area (Å²) in [6.45, 7) is 7.31. The Kier molecular flexibility index (Phi) is 3.32. The molecule has 0 spiro atoms. The fourth-order valence-electron chi connectivity index (χ4n) is 1.56. The summed E-state index contributed by atoms with van der Waals surface area (Å²) in [6, 6.07) is 0.255. The van der Waals surface area contributed by atoms with Gasteiger partial charge in [-0.3, -0.25) is 0 Å². The predicted octanol–water partition coefficient (Wildman–Crippen LogP) is 1.49. The lowest BCUT2D eigenvalue weighted by atomic mass is 9.83. The second-order valence-corrected chi connectivity index (χ2v) is 4.73. The highest BCUT2D eigenvalue weighted by atomic mass is 16.5. The highest BCUT2D eigenvalue weighted by Crippen LogP contribution is 2.24. The van der Waals surface area contributed by atoms with Crippen LogP contribution in [0.5, 0.6) is 0 Å². The molecule has 0 radical (unpaired) electrons. The summed E-state index contributed by atoms with van der Waals surface area (Å²) in [5, 5.41) is 3.38. The van der Waals surface area contributed by atoms with Gasteiger partial charge in [-0.1, -0.05) is 26.8 Å². The zero-order valence-corrected chi connectivity index (χ0v) is 9.39. The van der Waals surface area contributed by atoms with Crippen LogP contribution in [0.3, 0.4) is 0 Å². The molecular weight excluding hydrogens is 178 g/mol. The van der Waals surface area contributed by atoms with E-state index in [1.54, 1.807) is 0 Å². The lowest BCUT2D eigenvalue weighted by molar-refractivity contribution is -0.136. The van der Waals surface area contributed by atoms with Gasteiger partial charge in [-0.05, 0) is 11.8 Å². The maximum absolute atomic E-state index is 11.3. The van der Waals surface area contributed by atoms with Gasteiger partial charge in [-0.15, -0.1) is 0 Å². The molecular formula is C11H19NO2. The van der Waals surface area contributed by atoms with Gasteiger partial charge in [0.15, 0.2) is 0 Å². The van der Waals surface area contributed by atoms with Gasteiger partial charge in [-0.2, -0.15) is 0 Å². The molecule has 0 saturated carbocycles. The van der Waals surface area contributed by atoms with Crippen molar-refractivity contribution in [3.05, 3.63) is 11.6 Å². The first-order valence-electron chi connectivity index (χ1n) is 4.97. The number of rotatable bonds is 1. The van der Waals surface area contributed by atoms with Gasteiger partial charge < -0.3 is 10.1 Å². The van der Waals surface area contributed by atoms with E-state index in [-0.39, 0.29) is 17.4 Å². The fourth-order valence-corrected chi connectivity index (χ4v) is 1.56. The first-order chi connectivity index (χ1) is 6.45. The zero-order valence-electron chi connectivity index (χ0n) is 9.39. The Morgan fingerprint density at radius 1 is 1.57 bits per heavy atom. The minimum absolute atomic E-state index is 0.139. The van der Waals surface area contributed by atoms with Crippen LogP contribution in [0.1, 0.15) is 27.2 Å². The Morgan fingerprint density at radius 2 is 2.21 bits per heavy atom. The van der Waals surface area contributed by atoms with Crippen molar-refractivity contribution in [2.45, 2.75) is 33.2 Å². The van der Waals surface area contributed by atoms with Crippen LogP contribution in [0.15, 0.2) is 11.6 Å². The van der Waals surface area contributed by atoms with Gasteiger partial charge in [-0.25, -0.2) is 4.79 Å². The molecule has 0 bridgehead atoms. The third-order valence-electron chi connectivity index (χ3n) is 2.51. The van der Waals surface area contributed by atoms with Crippen molar-refractivity contribution in [1.29, 1.82) is 0 Å². The molecule has 1 N–H and O–H groups in total. The molecule has 0 aromatic rings. The number of esters is 1. The Balaban J connectivity index is 2.79. The second kappa shape index (κ2) is 4.13. The van der Waals surface area contributed by atoms with Crippen molar-refractivity contribution in [3.8, 4) is 0 Å². The molecule has 3 heteroatoms. The molecule has 0 aliphatic carbocycles. The van der Waals surface area contributed by atoms with E-state index >= 15 is 0 Å². The van der Waals surface area contributed by atoms with Gasteiger partial charge in [0, 0.05) is 18.2 Å². The van der Waals surface area contributed by atoms with Crippen molar-refractivity contribution < 1.29 is 9.53 Å². The van der Waals surface area contributed by atoms with E-state index < -0.39 is 0 Å². The second-order valence-electron chi connectivity index (χ2n) is 4.73. The number of methoxy groups -OCH3 is 1. The van der Waals surface area contributed by atoms with Crippen molar-refractivity contribution in [2.24, 2.45) is 5.41 Å². The maximum atomic E-state index is 11.3. The van der Waals surface area contributed by atoms with Gasteiger partial charge in [0.05, 0.1) is 7.11 Å². The Hall–Kier alpha value is -0.830.